The van der Waals surface area contributed by atoms with Crippen molar-refractivity contribution in [2.75, 3.05) is 26.7 Å². The van der Waals surface area contributed by atoms with Crippen LogP contribution in [0.2, 0.25) is 5.02 Å². The molecule has 2 aromatic rings. The maximum Gasteiger partial charge on any atom is 0.253 e. The standard InChI is InChI=1S/C27H44ClN3O2/c1-3-4-5-6-7-10-13-16-29-17-14-11-8-9-12-15-18-30-27(32)23-21-31-25-20-26(33-2)24(28)19-22(23)25/h19-21,29,31H,3-18H2,1-2H3,(H,30,32). The SMILES string of the molecule is CCCCCCCCCNCCCCCCCCNC(=O)c1c[nH]c2cc(OC)c(Cl)cc12. The van der Waals surface area contributed by atoms with Crippen molar-refractivity contribution < 1.29 is 9.53 Å². The molecule has 1 aromatic carbocycles. The number of rotatable bonds is 19. The fourth-order valence-corrected chi connectivity index (χ4v) is 4.42. The number of fused-ring (bicyclic) bond motifs is 1. The van der Waals surface area contributed by atoms with Gasteiger partial charge < -0.3 is 20.4 Å². The van der Waals surface area contributed by atoms with Crippen LogP contribution in [0, 0.1) is 0 Å². The molecule has 0 saturated heterocycles. The molecule has 0 atom stereocenters. The molecular formula is C27H44ClN3O2. The van der Waals surface area contributed by atoms with Crippen LogP contribution in [-0.4, -0.2) is 37.6 Å². The summed E-state index contributed by atoms with van der Waals surface area (Å²) >= 11 is 6.22. The number of carbonyl (C=O) groups is 1. The first kappa shape index (κ1) is 27.5. The van der Waals surface area contributed by atoms with Gasteiger partial charge in [-0.15, -0.1) is 0 Å². The largest absolute Gasteiger partial charge is 0.495 e. The number of unbranched alkanes of at least 4 members (excludes halogenated alkanes) is 11. The third kappa shape index (κ3) is 10.4. The zero-order valence-corrected chi connectivity index (χ0v) is 21.5. The van der Waals surface area contributed by atoms with E-state index in [-0.39, 0.29) is 5.91 Å². The molecule has 186 valence electrons. The van der Waals surface area contributed by atoms with E-state index >= 15 is 0 Å². The fraction of sp³-hybridized carbons (Fsp3) is 0.667. The summed E-state index contributed by atoms with van der Waals surface area (Å²) in [7, 11) is 1.58. The summed E-state index contributed by atoms with van der Waals surface area (Å²) in [5.74, 6) is 0.538. The molecule has 0 unspecified atom stereocenters. The summed E-state index contributed by atoms with van der Waals surface area (Å²) < 4.78 is 5.23. The van der Waals surface area contributed by atoms with Crippen molar-refractivity contribution in [3.05, 3.63) is 28.9 Å². The molecule has 1 heterocycles. The molecule has 1 amide bonds. The Labute approximate surface area is 205 Å². The van der Waals surface area contributed by atoms with Crippen LogP contribution in [0.3, 0.4) is 0 Å². The molecule has 0 aliphatic carbocycles. The Morgan fingerprint density at radius 1 is 0.879 bits per heavy atom. The van der Waals surface area contributed by atoms with Crippen LogP contribution in [0.4, 0.5) is 0 Å². The maximum atomic E-state index is 12.5. The molecule has 5 nitrogen and oxygen atoms in total. The minimum Gasteiger partial charge on any atom is -0.495 e. The lowest BCUT2D eigenvalue weighted by Crippen LogP contribution is -2.24. The van der Waals surface area contributed by atoms with Gasteiger partial charge in [-0.25, -0.2) is 0 Å². The molecule has 1 aromatic heterocycles. The van der Waals surface area contributed by atoms with Crippen molar-refractivity contribution in [1.82, 2.24) is 15.6 Å². The Kier molecular flexibility index (Phi) is 14.0. The molecular weight excluding hydrogens is 434 g/mol. The van der Waals surface area contributed by atoms with Gasteiger partial charge >= 0.3 is 0 Å². The lowest BCUT2D eigenvalue weighted by molar-refractivity contribution is 0.0954. The van der Waals surface area contributed by atoms with Crippen molar-refractivity contribution in [3.63, 3.8) is 0 Å². The second-order valence-corrected chi connectivity index (χ2v) is 9.39. The van der Waals surface area contributed by atoms with Crippen molar-refractivity contribution in [1.29, 1.82) is 0 Å². The molecule has 0 aliphatic rings. The molecule has 0 radical (unpaired) electrons. The fourth-order valence-electron chi connectivity index (χ4n) is 4.18. The molecule has 3 N–H and O–H groups in total. The van der Waals surface area contributed by atoms with Crippen molar-refractivity contribution in [3.8, 4) is 5.75 Å². The van der Waals surface area contributed by atoms with Gasteiger partial charge in [0.15, 0.2) is 0 Å². The third-order valence-electron chi connectivity index (χ3n) is 6.22. The molecule has 0 spiro atoms. The first-order valence-electron chi connectivity index (χ1n) is 13.0. The average molecular weight is 478 g/mol. The Bertz CT molecular complexity index is 806. The van der Waals surface area contributed by atoms with Gasteiger partial charge in [-0.3, -0.25) is 4.79 Å². The third-order valence-corrected chi connectivity index (χ3v) is 6.52. The van der Waals surface area contributed by atoms with Crippen LogP contribution in [0.25, 0.3) is 10.9 Å². The number of halogens is 1. The summed E-state index contributed by atoms with van der Waals surface area (Å²) in [5, 5.41) is 7.94. The van der Waals surface area contributed by atoms with Gasteiger partial charge in [0.2, 0.25) is 0 Å². The Morgan fingerprint density at radius 2 is 1.45 bits per heavy atom. The number of benzene rings is 1. The van der Waals surface area contributed by atoms with Gasteiger partial charge in [0.25, 0.3) is 5.91 Å². The van der Waals surface area contributed by atoms with E-state index in [4.69, 9.17) is 16.3 Å². The number of amides is 1. The Hall–Kier alpha value is -1.72. The topological polar surface area (TPSA) is 66.1 Å². The first-order chi connectivity index (χ1) is 16.2. The number of ether oxygens (including phenoxy) is 1. The predicted molar refractivity (Wildman–Crippen MR) is 141 cm³/mol. The quantitative estimate of drug-likeness (QED) is 0.187. The van der Waals surface area contributed by atoms with Gasteiger partial charge in [-0.2, -0.15) is 0 Å². The highest BCUT2D eigenvalue weighted by Gasteiger charge is 2.14. The van der Waals surface area contributed by atoms with E-state index in [9.17, 15) is 4.79 Å². The zero-order chi connectivity index (χ0) is 23.7. The summed E-state index contributed by atoms with van der Waals surface area (Å²) in [6.45, 7) is 5.29. The number of hydrogen-bond donors (Lipinski definition) is 3. The van der Waals surface area contributed by atoms with Gasteiger partial charge in [-0.05, 0) is 38.4 Å². The van der Waals surface area contributed by atoms with Crippen LogP contribution in [0.15, 0.2) is 18.3 Å². The summed E-state index contributed by atoms with van der Waals surface area (Å²) in [4.78, 5) is 15.7. The molecule has 33 heavy (non-hydrogen) atoms. The minimum atomic E-state index is -0.0606. The normalized spacial score (nSPS) is 11.2. The Balaban J connectivity index is 1.44. The van der Waals surface area contributed by atoms with Gasteiger partial charge in [0, 0.05) is 24.2 Å². The molecule has 0 saturated carbocycles. The Morgan fingerprint density at radius 3 is 2.06 bits per heavy atom. The smallest absolute Gasteiger partial charge is 0.253 e. The molecule has 2 rings (SSSR count). The summed E-state index contributed by atoms with van der Waals surface area (Å²) in [6.07, 6.45) is 18.6. The average Bonchev–Trinajstić information content (AvgIpc) is 3.23. The van der Waals surface area contributed by atoms with Gasteiger partial charge in [0.05, 0.1) is 23.2 Å². The molecule has 6 heteroatoms. The van der Waals surface area contributed by atoms with Crippen molar-refractivity contribution >= 4 is 28.4 Å². The summed E-state index contributed by atoms with van der Waals surface area (Å²) in [6, 6.07) is 3.60. The first-order valence-corrected chi connectivity index (χ1v) is 13.4. The highest BCUT2D eigenvalue weighted by molar-refractivity contribution is 6.33. The van der Waals surface area contributed by atoms with E-state index in [1.807, 2.05) is 6.07 Å². The van der Waals surface area contributed by atoms with Crippen LogP contribution >= 0.6 is 11.6 Å². The number of hydrogen-bond acceptors (Lipinski definition) is 3. The highest BCUT2D eigenvalue weighted by atomic mass is 35.5. The van der Waals surface area contributed by atoms with Crippen LogP contribution < -0.4 is 15.4 Å². The van der Waals surface area contributed by atoms with Crippen molar-refractivity contribution in [2.24, 2.45) is 0 Å². The van der Waals surface area contributed by atoms with Crippen LogP contribution in [0.5, 0.6) is 5.75 Å². The second-order valence-electron chi connectivity index (χ2n) is 8.98. The van der Waals surface area contributed by atoms with Gasteiger partial charge in [-0.1, -0.05) is 82.7 Å². The van der Waals surface area contributed by atoms with E-state index < -0.39 is 0 Å². The number of methoxy groups -OCH3 is 1. The van der Waals surface area contributed by atoms with E-state index in [1.165, 1.54) is 77.2 Å². The van der Waals surface area contributed by atoms with Crippen molar-refractivity contribution in [2.45, 2.75) is 90.4 Å². The number of nitrogens with one attached hydrogen (secondary N) is 3. The molecule has 0 fully saturated rings. The number of aromatic amines is 1. The number of aromatic nitrogens is 1. The monoisotopic (exact) mass is 477 g/mol. The van der Waals surface area contributed by atoms with Gasteiger partial charge in [0.1, 0.15) is 5.75 Å². The van der Waals surface area contributed by atoms with E-state index in [1.54, 1.807) is 19.4 Å². The van der Waals surface area contributed by atoms with E-state index in [0.29, 0.717) is 22.9 Å². The number of H-pyrrole nitrogens is 1. The maximum absolute atomic E-state index is 12.5. The minimum absolute atomic E-state index is 0.0606. The van der Waals surface area contributed by atoms with E-state index in [2.05, 4.69) is 22.5 Å². The lowest BCUT2D eigenvalue weighted by Gasteiger charge is -2.07. The molecule has 0 bridgehead atoms. The second kappa shape index (κ2) is 16.8. The zero-order valence-electron chi connectivity index (χ0n) is 20.7. The summed E-state index contributed by atoms with van der Waals surface area (Å²) in [5.41, 5.74) is 1.47. The van der Waals surface area contributed by atoms with E-state index in [0.717, 1.165) is 30.3 Å². The molecule has 0 aliphatic heterocycles. The lowest BCUT2D eigenvalue weighted by atomic mass is 10.1. The number of carbonyl (C=O) groups excluding carboxylic acids is 1. The highest BCUT2D eigenvalue weighted by Crippen LogP contribution is 2.31. The predicted octanol–water partition coefficient (Wildman–Crippen LogP) is 7.24. The van der Waals surface area contributed by atoms with Crippen LogP contribution in [0.1, 0.15) is 101 Å². The van der Waals surface area contributed by atoms with Crippen LogP contribution in [-0.2, 0) is 0 Å².